The van der Waals surface area contributed by atoms with Gasteiger partial charge in [0.05, 0.1) is 22.2 Å². The second-order valence-electron chi connectivity index (χ2n) is 11.8. The van der Waals surface area contributed by atoms with Gasteiger partial charge in [-0.1, -0.05) is 121 Å². The maximum absolute atomic E-state index is 5.16. The SMILES string of the molecule is c1ccc(-c2nc(-c3ccccc3)c3ccc(-n4c5cccc6c5c5c7c(cccc7ccc54)-c4ccccc4-6)cc3n2)cc1. The second-order valence-corrected chi connectivity index (χ2v) is 11.8. The lowest BCUT2D eigenvalue weighted by Crippen LogP contribution is -1.98. The van der Waals surface area contributed by atoms with Gasteiger partial charge in [0, 0.05) is 33.0 Å². The first-order valence-electron chi connectivity index (χ1n) is 15.4. The van der Waals surface area contributed by atoms with Crippen LogP contribution in [0.2, 0.25) is 0 Å². The van der Waals surface area contributed by atoms with E-state index in [9.17, 15) is 0 Å². The van der Waals surface area contributed by atoms with Crippen molar-refractivity contribution in [2.75, 3.05) is 0 Å². The normalized spacial score (nSPS) is 12.0. The van der Waals surface area contributed by atoms with Crippen LogP contribution in [-0.2, 0) is 0 Å². The summed E-state index contributed by atoms with van der Waals surface area (Å²) in [5, 5.41) is 6.22. The fourth-order valence-corrected chi connectivity index (χ4v) is 7.40. The maximum atomic E-state index is 5.16. The van der Waals surface area contributed by atoms with E-state index in [1.807, 2.05) is 24.3 Å². The molecule has 3 nitrogen and oxygen atoms in total. The monoisotopic (exact) mass is 571 g/mol. The van der Waals surface area contributed by atoms with E-state index in [0.29, 0.717) is 0 Å². The predicted molar refractivity (Wildman–Crippen MR) is 187 cm³/mol. The zero-order valence-corrected chi connectivity index (χ0v) is 24.3. The van der Waals surface area contributed by atoms with Crippen molar-refractivity contribution in [1.29, 1.82) is 0 Å². The molecular weight excluding hydrogens is 546 g/mol. The van der Waals surface area contributed by atoms with E-state index < -0.39 is 0 Å². The van der Waals surface area contributed by atoms with Gasteiger partial charge in [0.25, 0.3) is 0 Å². The van der Waals surface area contributed by atoms with Crippen molar-refractivity contribution in [1.82, 2.24) is 14.5 Å². The molecule has 2 aromatic heterocycles. The van der Waals surface area contributed by atoms with Crippen molar-refractivity contribution in [2.45, 2.75) is 0 Å². The third-order valence-corrected chi connectivity index (χ3v) is 9.32. The molecule has 0 radical (unpaired) electrons. The van der Waals surface area contributed by atoms with Gasteiger partial charge in [0.1, 0.15) is 0 Å². The van der Waals surface area contributed by atoms with Crippen molar-refractivity contribution in [2.24, 2.45) is 0 Å². The van der Waals surface area contributed by atoms with E-state index in [1.165, 1.54) is 54.8 Å². The van der Waals surface area contributed by atoms with Crippen molar-refractivity contribution < 1.29 is 0 Å². The first-order chi connectivity index (χ1) is 22.3. The molecule has 1 aliphatic carbocycles. The fourth-order valence-electron chi connectivity index (χ4n) is 7.40. The van der Waals surface area contributed by atoms with Crippen LogP contribution in [-0.4, -0.2) is 14.5 Å². The molecule has 9 aromatic rings. The van der Waals surface area contributed by atoms with Crippen LogP contribution in [0.5, 0.6) is 0 Å². The molecule has 0 bridgehead atoms. The van der Waals surface area contributed by atoms with E-state index in [2.05, 4.69) is 132 Å². The zero-order valence-electron chi connectivity index (χ0n) is 24.3. The van der Waals surface area contributed by atoms with Crippen LogP contribution in [0.1, 0.15) is 0 Å². The van der Waals surface area contributed by atoms with Gasteiger partial charge in [-0.15, -0.1) is 0 Å². The van der Waals surface area contributed by atoms with Gasteiger partial charge in [0.2, 0.25) is 0 Å². The molecule has 0 fully saturated rings. The number of hydrogen-bond acceptors (Lipinski definition) is 2. The summed E-state index contributed by atoms with van der Waals surface area (Å²) in [6, 6.07) is 54.2. The Morgan fingerprint density at radius 3 is 1.84 bits per heavy atom. The number of hydrogen-bond donors (Lipinski definition) is 0. The lowest BCUT2D eigenvalue weighted by Gasteiger charge is -2.15. The molecule has 0 amide bonds. The lowest BCUT2D eigenvalue weighted by molar-refractivity contribution is 1.17. The van der Waals surface area contributed by atoms with Crippen molar-refractivity contribution >= 4 is 43.5 Å². The summed E-state index contributed by atoms with van der Waals surface area (Å²) in [7, 11) is 0. The quantitative estimate of drug-likeness (QED) is 0.211. The van der Waals surface area contributed by atoms with Crippen LogP contribution in [0.15, 0.2) is 152 Å². The smallest absolute Gasteiger partial charge is 0.160 e. The molecule has 0 saturated carbocycles. The molecule has 1 aliphatic rings. The molecule has 0 saturated heterocycles. The van der Waals surface area contributed by atoms with Crippen molar-refractivity contribution in [3.63, 3.8) is 0 Å². The van der Waals surface area contributed by atoms with Gasteiger partial charge in [-0.05, 0) is 63.4 Å². The molecule has 3 heteroatoms. The fraction of sp³-hybridized carbons (Fsp3) is 0. The minimum atomic E-state index is 0.727. The molecule has 0 unspecified atom stereocenters. The summed E-state index contributed by atoms with van der Waals surface area (Å²) in [5.74, 6) is 0.727. The van der Waals surface area contributed by atoms with Crippen LogP contribution in [0.4, 0.5) is 0 Å². The van der Waals surface area contributed by atoms with Gasteiger partial charge in [-0.2, -0.15) is 0 Å². The van der Waals surface area contributed by atoms with E-state index in [0.717, 1.165) is 39.2 Å². The number of rotatable bonds is 3. The Kier molecular flexibility index (Phi) is 5.00. The summed E-state index contributed by atoms with van der Waals surface area (Å²) in [4.78, 5) is 10.3. The number of aromatic nitrogens is 3. The van der Waals surface area contributed by atoms with Gasteiger partial charge >= 0.3 is 0 Å². The van der Waals surface area contributed by atoms with Gasteiger partial charge in [0.15, 0.2) is 5.82 Å². The average molecular weight is 572 g/mol. The molecule has 7 aromatic carbocycles. The highest BCUT2D eigenvalue weighted by molar-refractivity contribution is 6.30. The molecule has 0 spiro atoms. The molecule has 208 valence electrons. The van der Waals surface area contributed by atoms with Crippen LogP contribution >= 0.6 is 0 Å². The first kappa shape index (κ1) is 24.4. The average Bonchev–Trinajstić information content (AvgIpc) is 3.39. The maximum Gasteiger partial charge on any atom is 0.160 e. The second kappa shape index (κ2) is 9.22. The Morgan fingerprint density at radius 2 is 1.07 bits per heavy atom. The molecule has 0 N–H and O–H groups in total. The third kappa shape index (κ3) is 3.46. The lowest BCUT2D eigenvalue weighted by atomic mass is 9.93. The number of benzene rings is 7. The largest absolute Gasteiger partial charge is 0.309 e. The van der Waals surface area contributed by atoms with Crippen molar-refractivity contribution in [3.8, 4) is 50.6 Å². The van der Waals surface area contributed by atoms with Crippen LogP contribution in [0.3, 0.4) is 0 Å². The highest BCUT2D eigenvalue weighted by atomic mass is 15.0. The zero-order chi connectivity index (χ0) is 29.5. The van der Waals surface area contributed by atoms with Gasteiger partial charge in [-0.25, -0.2) is 9.97 Å². The Morgan fingerprint density at radius 1 is 0.422 bits per heavy atom. The first-order valence-corrected chi connectivity index (χ1v) is 15.4. The molecular formula is C42H25N3. The Labute approximate surface area is 259 Å². The molecule has 10 rings (SSSR count). The van der Waals surface area contributed by atoms with E-state index >= 15 is 0 Å². The van der Waals surface area contributed by atoms with Crippen LogP contribution < -0.4 is 0 Å². The highest BCUT2D eigenvalue weighted by Gasteiger charge is 2.24. The Bertz CT molecular complexity index is 2630. The van der Waals surface area contributed by atoms with E-state index in [1.54, 1.807) is 0 Å². The Hall–Kier alpha value is -6.06. The van der Waals surface area contributed by atoms with E-state index in [4.69, 9.17) is 9.97 Å². The molecule has 45 heavy (non-hydrogen) atoms. The van der Waals surface area contributed by atoms with Gasteiger partial charge < -0.3 is 4.57 Å². The summed E-state index contributed by atoms with van der Waals surface area (Å²) in [6.45, 7) is 0. The highest BCUT2D eigenvalue weighted by Crippen LogP contribution is 2.49. The predicted octanol–water partition coefficient (Wildman–Crippen LogP) is 10.9. The summed E-state index contributed by atoms with van der Waals surface area (Å²) >= 11 is 0. The Balaban J connectivity index is 1.31. The van der Waals surface area contributed by atoms with Crippen molar-refractivity contribution in [3.05, 3.63) is 152 Å². The molecule has 2 heterocycles. The minimum Gasteiger partial charge on any atom is -0.309 e. The summed E-state index contributed by atoms with van der Waals surface area (Å²) in [6.07, 6.45) is 0. The third-order valence-electron chi connectivity index (χ3n) is 9.32. The number of nitrogens with zero attached hydrogens (tertiary/aromatic N) is 3. The van der Waals surface area contributed by atoms with Crippen LogP contribution in [0, 0.1) is 0 Å². The molecule has 0 atom stereocenters. The molecule has 0 aliphatic heterocycles. The topological polar surface area (TPSA) is 30.7 Å². The van der Waals surface area contributed by atoms with Crippen LogP contribution in [0.25, 0.3) is 94.1 Å². The number of fused-ring (bicyclic) bond motifs is 4. The summed E-state index contributed by atoms with van der Waals surface area (Å²) < 4.78 is 2.42. The standard InChI is InChI=1S/C42H25N3/c1-3-11-27(12-4-1)41-34-23-22-29(25-35(34)43-42(44-41)28-13-5-2-6-14-28)45-36-20-10-19-33-31-17-8-7-16-30(31)32-18-9-15-26-21-24-37(45)40(38(26)32)39(33)36/h1-25H. The van der Waals surface area contributed by atoms with E-state index in [-0.39, 0.29) is 0 Å². The minimum absolute atomic E-state index is 0.727. The van der Waals surface area contributed by atoms with Gasteiger partial charge in [-0.3, -0.25) is 0 Å². The summed E-state index contributed by atoms with van der Waals surface area (Å²) in [5.41, 5.74) is 12.6.